The third-order valence-electron chi connectivity index (χ3n) is 3.51. The molecular weight excluding hydrogens is 326 g/mol. The van der Waals surface area contributed by atoms with Crippen LogP contribution < -0.4 is 14.8 Å². The second-order valence-electron chi connectivity index (χ2n) is 5.30. The fourth-order valence-electron chi connectivity index (χ4n) is 2.31. The highest BCUT2D eigenvalue weighted by Gasteiger charge is 2.20. The number of ether oxygens (including phenoxy) is 3. The average Bonchev–Trinajstić information content (AvgIpc) is 3.07. The van der Waals surface area contributed by atoms with E-state index in [9.17, 15) is 14.4 Å². The number of Topliss-reactive ketones (excluding diaryl/α,β-unsaturated/α-hetero) is 1. The van der Waals surface area contributed by atoms with E-state index >= 15 is 0 Å². The number of amides is 1. The Morgan fingerprint density at radius 3 is 2.44 bits per heavy atom. The first-order chi connectivity index (χ1) is 12.0. The number of rotatable bonds is 5. The molecule has 7 nitrogen and oxygen atoms in total. The first kappa shape index (κ1) is 16.5. The SMILES string of the molecule is CC(=O)c1cc2c(cc1NC(=O)COC(=O)c1ccccc1)OCO2. The van der Waals surface area contributed by atoms with Crippen LogP contribution in [0.5, 0.6) is 11.5 Å². The standard InChI is InChI=1S/C18H15NO6/c1-11(20)13-7-15-16(25-10-24-15)8-14(13)19-17(21)9-23-18(22)12-5-3-2-4-6-12/h2-8H,9-10H2,1H3,(H,19,21). The number of benzene rings is 2. The van der Waals surface area contributed by atoms with Crippen molar-refractivity contribution in [2.24, 2.45) is 0 Å². The second-order valence-corrected chi connectivity index (χ2v) is 5.30. The number of carbonyl (C=O) groups excluding carboxylic acids is 3. The third kappa shape index (κ3) is 3.77. The molecule has 1 aliphatic rings. The minimum atomic E-state index is -0.603. The highest BCUT2D eigenvalue weighted by Crippen LogP contribution is 2.37. The molecule has 7 heteroatoms. The summed E-state index contributed by atoms with van der Waals surface area (Å²) in [4.78, 5) is 35.7. The fraction of sp³-hybridized carbons (Fsp3) is 0.167. The summed E-state index contributed by atoms with van der Waals surface area (Å²) in [6.07, 6.45) is 0. The Hall–Kier alpha value is -3.35. The summed E-state index contributed by atoms with van der Waals surface area (Å²) in [5.74, 6) is -0.533. The van der Waals surface area contributed by atoms with Crippen molar-refractivity contribution < 1.29 is 28.6 Å². The quantitative estimate of drug-likeness (QED) is 0.663. The molecular formula is C18H15NO6. The van der Waals surface area contributed by atoms with Gasteiger partial charge in [-0.1, -0.05) is 18.2 Å². The predicted octanol–water partition coefficient (Wildman–Crippen LogP) is 2.41. The van der Waals surface area contributed by atoms with Gasteiger partial charge in [0.15, 0.2) is 23.9 Å². The number of hydrogen-bond acceptors (Lipinski definition) is 6. The van der Waals surface area contributed by atoms with Crippen LogP contribution >= 0.6 is 0 Å². The minimum Gasteiger partial charge on any atom is -0.454 e. The van der Waals surface area contributed by atoms with E-state index in [2.05, 4.69) is 5.32 Å². The van der Waals surface area contributed by atoms with Crippen molar-refractivity contribution in [3.63, 3.8) is 0 Å². The number of esters is 1. The van der Waals surface area contributed by atoms with Crippen molar-refractivity contribution >= 4 is 23.3 Å². The lowest BCUT2D eigenvalue weighted by molar-refractivity contribution is -0.119. The van der Waals surface area contributed by atoms with Crippen LogP contribution in [0.1, 0.15) is 27.6 Å². The van der Waals surface area contributed by atoms with Gasteiger partial charge in [0.1, 0.15) is 0 Å². The molecule has 0 saturated carbocycles. The summed E-state index contributed by atoms with van der Waals surface area (Å²) in [5, 5.41) is 2.56. The van der Waals surface area contributed by atoms with E-state index < -0.39 is 18.5 Å². The zero-order valence-corrected chi connectivity index (χ0v) is 13.4. The fourth-order valence-corrected chi connectivity index (χ4v) is 2.31. The highest BCUT2D eigenvalue weighted by molar-refractivity contribution is 6.05. The second kappa shape index (κ2) is 7.04. The summed E-state index contributed by atoms with van der Waals surface area (Å²) in [5.41, 5.74) is 0.910. The van der Waals surface area contributed by atoms with Crippen molar-refractivity contribution in [3.05, 3.63) is 53.6 Å². The molecule has 0 radical (unpaired) electrons. The van der Waals surface area contributed by atoms with Crippen LogP contribution in [-0.2, 0) is 9.53 Å². The van der Waals surface area contributed by atoms with Gasteiger partial charge in [-0.15, -0.1) is 0 Å². The molecule has 0 fully saturated rings. The lowest BCUT2D eigenvalue weighted by Gasteiger charge is -2.11. The van der Waals surface area contributed by atoms with E-state index in [1.54, 1.807) is 30.3 Å². The molecule has 1 N–H and O–H groups in total. The van der Waals surface area contributed by atoms with E-state index in [0.29, 0.717) is 17.1 Å². The number of ketones is 1. The van der Waals surface area contributed by atoms with Crippen molar-refractivity contribution in [2.75, 3.05) is 18.7 Å². The van der Waals surface area contributed by atoms with Crippen molar-refractivity contribution in [1.29, 1.82) is 0 Å². The van der Waals surface area contributed by atoms with E-state index in [-0.39, 0.29) is 23.8 Å². The summed E-state index contributed by atoms with van der Waals surface area (Å²) < 4.78 is 15.4. The lowest BCUT2D eigenvalue weighted by Crippen LogP contribution is -2.22. The van der Waals surface area contributed by atoms with Crippen LogP contribution in [-0.4, -0.2) is 31.1 Å². The average molecular weight is 341 g/mol. The summed E-state index contributed by atoms with van der Waals surface area (Å²) in [6, 6.07) is 11.4. The number of anilines is 1. The number of hydrogen-bond donors (Lipinski definition) is 1. The van der Waals surface area contributed by atoms with Gasteiger partial charge < -0.3 is 19.5 Å². The van der Waals surface area contributed by atoms with Gasteiger partial charge in [-0.25, -0.2) is 4.79 Å². The zero-order valence-electron chi connectivity index (χ0n) is 13.4. The van der Waals surface area contributed by atoms with Gasteiger partial charge in [0.2, 0.25) is 6.79 Å². The smallest absolute Gasteiger partial charge is 0.338 e. The number of carbonyl (C=O) groups is 3. The van der Waals surface area contributed by atoms with Gasteiger partial charge in [-0.2, -0.15) is 0 Å². The molecule has 0 unspecified atom stereocenters. The molecule has 3 rings (SSSR count). The third-order valence-corrected chi connectivity index (χ3v) is 3.51. The first-order valence-electron chi connectivity index (χ1n) is 7.51. The number of nitrogens with one attached hydrogen (secondary N) is 1. The van der Waals surface area contributed by atoms with Crippen LogP contribution in [0.25, 0.3) is 0 Å². The molecule has 0 aromatic heterocycles. The Morgan fingerprint density at radius 2 is 1.76 bits per heavy atom. The van der Waals surface area contributed by atoms with Gasteiger partial charge >= 0.3 is 5.97 Å². The number of fused-ring (bicyclic) bond motifs is 1. The van der Waals surface area contributed by atoms with Crippen LogP contribution in [0.15, 0.2) is 42.5 Å². The Kier molecular flexibility index (Phi) is 4.65. The van der Waals surface area contributed by atoms with Gasteiger partial charge in [-0.3, -0.25) is 9.59 Å². The maximum absolute atomic E-state index is 12.1. The molecule has 0 bridgehead atoms. The Morgan fingerprint density at radius 1 is 1.08 bits per heavy atom. The van der Waals surface area contributed by atoms with Crippen molar-refractivity contribution in [1.82, 2.24) is 0 Å². The zero-order chi connectivity index (χ0) is 17.8. The van der Waals surface area contributed by atoms with E-state index in [1.165, 1.54) is 19.1 Å². The maximum Gasteiger partial charge on any atom is 0.338 e. The largest absolute Gasteiger partial charge is 0.454 e. The Labute approximate surface area is 143 Å². The monoisotopic (exact) mass is 341 g/mol. The highest BCUT2D eigenvalue weighted by atomic mass is 16.7. The van der Waals surface area contributed by atoms with Gasteiger partial charge in [0.25, 0.3) is 5.91 Å². The van der Waals surface area contributed by atoms with Crippen LogP contribution in [0.3, 0.4) is 0 Å². The molecule has 0 spiro atoms. The van der Waals surface area contributed by atoms with Crippen LogP contribution in [0, 0.1) is 0 Å². The first-order valence-corrected chi connectivity index (χ1v) is 7.51. The minimum absolute atomic E-state index is 0.0543. The van der Waals surface area contributed by atoms with Crippen molar-refractivity contribution in [3.8, 4) is 11.5 Å². The van der Waals surface area contributed by atoms with Gasteiger partial charge in [0, 0.05) is 11.6 Å². The molecule has 1 aliphatic heterocycles. The van der Waals surface area contributed by atoms with E-state index in [1.807, 2.05) is 0 Å². The molecule has 0 saturated heterocycles. The molecule has 1 amide bonds. The maximum atomic E-state index is 12.1. The topological polar surface area (TPSA) is 90.9 Å². The molecule has 2 aromatic carbocycles. The molecule has 0 aliphatic carbocycles. The van der Waals surface area contributed by atoms with Crippen molar-refractivity contribution in [2.45, 2.75) is 6.92 Å². The predicted molar refractivity (Wildman–Crippen MR) is 87.9 cm³/mol. The van der Waals surface area contributed by atoms with E-state index in [4.69, 9.17) is 14.2 Å². The van der Waals surface area contributed by atoms with Crippen LogP contribution in [0.4, 0.5) is 5.69 Å². The van der Waals surface area contributed by atoms with Crippen LogP contribution in [0.2, 0.25) is 0 Å². The lowest BCUT2D eigenvalue weighted by atomic mass is 10.1. The molecule has 1 heterocycles. The summed E-state index contributed by atoms with van der Waals surface area (Å²) in [7, 11) is 0. The van der Waals surface area contributed by atoms with Gasteiger partial charge in [-0.05, 0) is 25.1 Å². The summed E-state index contributed by atoms with van der Waals surface area (Å²) in [6.45, 7) is 0.959. The van der Waals surface area contributed by atoms with E-state index in [0.717, 1.165) is 0 Å². The normalized spacial score (nSPS) is 11.7. The van der Waals surface area contributed by atoms with Gasteiger partial charge in [0.05, 0.1) is 11.3 Å². The molecule has 0 atom stereocenters. The Bertz CT molecular complexity index is 831. The molecule has 128 valence electrons. The molecule has 25 heavy (non-hydrogen) atoms. The summed E-state index contributed by atoms with van der Waals surface area (Å²) >= 11 is 0. The molecule has 2 aromatic rings. The Balaban J connectivity index is 1.67.